The first-order chi connectivity index (χ1) is 10.2. The van der Waals surface area contributed by atoms with E-state index in [0.29, 0.717) is 16.5 Å². The molecule has 0 atom stereocenters. The molecule has 0 radical (unpaired) electrons. The van der Waals surface area contributed by atoms with Crippen LogP contribution in [0.2, 0.25) is 5.02 Å². The number of ether oxygens (including phenoxy) is 1. The molecule has 0 bridgehead atoms. The maximum atomic E-state index is 12.5. The average molecular weight is 405 g/mol. The Morgan fingerprint density at radius 3 is 2.41 bits per heavy atom. The van der Waals surface area contributed by atoms with Crippen molar-refractivity contribution >= 4 is 43.2 Å². The lowest BCUT2D eigenvalue weighted by atomic mass is 10.2. The van der Waals surface area contributed by atoms with E-state index in [4.69, 9.17) is 16.3 Å². The summed E-state index contributed by atoms with van der Waals surface area (Å²) in [5.41, 5.74) is 1.94. The van der Waals surface area contributed by atoms with Gasteiger partial charge in [-0.15, -0.1) is 0 Å². The van der Waals surface area contributed by atoms with Gasteiger partial charge in [-0.05, 0) is 49.2 Å². The largest absolute Gasteiger partial charge is 0.495 e. The summed E-state index contributed by atoms with van der Waals surface area (Å²) in [5, 5.41) is 0.513. The molecule has 0 aliphatic rings. The fraction of sp³-hybridized carbons (Fsp3) is 0.200. The number of hydrogen-bond acceptors (Lipinski definition) is 3. The molecule has 0 fully saturated rings. The summed E-state index contributed by atoms with van der Waals surface area (Å²) in [6.45, 7) is 3.62. The highest BCUT2D eigenvalue weighted by atomic mass is 79.9. The van der Waals surface area contributed by atoms with Gasteiger partial charge in [0.05, 0.1) is 17.7 Å². The fourth-order valence-electron chi connectivity index (χ4n) is 1.90. The third kappa shape index (κ3) is 3.56. The molecule has 2 aromatic carbocycles. The van der Waals surface area contributed by atoms with Crippen LogP contribution in [0.15, 0.2) is 39.7 Å². The van der Waals surface area contributed by atoms with E-state index < -0.39 is 10.0 Å². The summed E-state index contributed by atoms with van der Waals surface area (Å²) in [6.07, 6.45) is 0. The minimum Gasteiger partial charge on any atom is -0.495 e. The van der Waals surface area contributed by atoms with Crippen LogP contribution in [-0.4, -0.2) is 15.5 Å². The molecule has 0 aliphatic carbocycles. The Morgan fingerprint density at radius 2 is 1.82 bits per heavy atom. The van der Waals surface area contributed by atoms with E-state index in [1.54, 1.807) is 31.2 Å². The first-order valence-corrected chi connectivity index (χ1v) is 9.03. The van der Waals surface area contributed by atoms with Crippen molar-refractivity contribution in [2.75, 3.05) is 11.8 Å². The molecule has 0 saturated heterocycles. The van der Waals surface area contributed by atoms with Crippen LogP contribution in [-0.2, 0) is 10.0 Å². The minimum atomic E-state index is -3.71. The fourth-order valence-corrected chi connectivity index (χ4v) is 3.45. The molecule has 118 valence electrons. The van der Waals surface area contributed by atoms with Gasteiger partial charge in [-0.3, -0.25) is 4.72 Å². The number of sulfonamides is 1. The average Bonchev–Trinajstić information content (AvgIpc) is 2.45. The first-order valence-electron chi connectivity index (χ1n) is 6.37. The van der Waals surface area contributed by atoms with E-state index in [0.717, 1.165) is 15.6 Å². The summed E-state index contributed by atoms with van der Waals surface area (Å²) in [5.74, 6) is 0.369. The summed E-state index contributed by atoms with van der Waals surface area (Å²) < 4.78 is 33.6. The van der Waals surface area contributed by atoms with Gasteiger partial charge in [0.1, 0.15) is 5.75 Å². The molecular formula is C15H15BrClNO3S. The van der Waals surface area contributed by atoms with Gasteiger partial charge in [0, 0.05) is 15.6 Å². The summed E-state index contributed by atoms with van der Waals surface area (Å²) in [4.78, 5) is 0.183. The molecule has 22 heavy (non-hydrogen) atoms. The van der Waals surface area contributed by atoms with E-state index in [1.165, 1.54) is 13.2 Å². The standard InChI is InChI=1S/C15H15BrClNO3S/c1-9-6-11(4-5-12(9)16)22(19,20)18-14-7-10(2)13(17)8-15(14)21-3/h4-8,18H,1-3H3. The number of hydrogen-bond donors (Lipinski definition) is 1. The first kappa shape index (κ1) is 17.1. The second-order valence-corrected chi connectivity index (χ2v) is 7.76. The molecule has 2 rings (SSSR count). The Kier molecular flexibility index (Phi) is 5.04. The quantitative estimate of drug-likeness (QED) is 0.814. The molecule has 7 heteroatoms. The second kappa shape index (κ2) is 6.48. The third-order valence-electron chi connectivity index (χ3n) is 3.16. The lowest BCUT2D eigenvalue weighted by Gasteiger charge is -2.14. The van der Waals surface area contributed by atoms with Crippen molar-refractivity contribution in [3.05, 3.63) is 51.0 Å². The van der Waals surface area contributed by atoms with Gasteiger partial charge < -0.3 is 4.74 Å². The molecule has 0 saturated carbocycles. The predicted molar refractivity (Wildman–Crippen MR) is 92.4 cm³/mol. The molecule has 2 aromatic rings. The van der Waals surface area contributed by atoms with Crippen molar-refractivity contribution in [2.24, 2.45) is 0 Å². The molecular weight excluding hydrogens is 390 g/mol. The summed E-state index contributed by atoms with van der Waals surface area (Å²) in [7, 11) is -2.25. The van der Waals surface area contributed by atoms with Crippen molar-refractivity contribution in [1.82, 2.24) is 0 Å². The van der Waals surface area contributed by atoms with E-state index >= 15 is 0 Å². The van der Waals surface area contributed by atoms with Crippen LogP contribution in [0.5, 0.6) is 5.75 Å². The summed E-state index contributed by atoms with van der Waals surface area (Å²) >= 11 is 9.38. The lowest BCUT2D eigenvalue weighted by molar-refractivity contribution is 0.417. The van der Waals surface area contributed by atoms with Gasteiger partial charge >= 0.3 is 0 Å². The van der Waals surface area contributed by atoms with Gasteiger partial charge in [0.25, 0.3) is 10.0 Å². The number of nitrogens with one attached hydrogen (secondary N) is 1. The molecule has 0 spiro atoms. The van der Waals surface area contributed by atoms with Crippen molar-refractivity contribution in [1.29, 1.82) is 0 Å². The SMILES string of the molecule is COc1cc(Cl)c(C)cc1NS(=O)(=O)c1ccc(Br)c(C)c1. The number of methoxy groups -OCH3 is 1. The van der Waals surface area contributed by atoms with Crippen LogP contribution < -0.4 is 9.46 Å². The highest BCUT2D eigenvalue weighted by Gasteiger charge is 2.18. The van der Waals surface area contributed by atoms with E-state index in [-0.39, 0.29) is 4.90 Å². The van der Waals surface area contributed by atoms with Crippen molar-refractivity contribution in [3.63, 3.8) is 0 Å². The number of rotatable bonds is 4. The third-order valence-corrected chi connectivity index (χ3v) is 5.82. The highest BCUT2D eigenvalue weighted by molar-refractivity contribution is 9.10. The normalized spacial score (nSPS) is 11.3. The second-order valence-electron chi connectivity index (χ2n) is 4.82. The van der Waals surface area contributed by atoms with Gasteiger partial charge in [-0.1, -0.05) is 27.5 Å². The number of anilines is 1. The van der Waals surface area contributed by atoms with Crippen LogP contribution in [0, 0.1) is 13.8 Å². The zero-order valence-corrected chi connectivity index (χ0v) is 15.4. The maximum absolute atomic E-state index is 12.5. The zero-order valence-electron chi connectivity index (χ0n) is 12.3. The van der Waals surface area contributed by atoms with Gasteiger partial charge in [0.2, 0.25) is 0 Å². The smallest absolute Gasteiger partial charge is 0.262 e. The Hall–Kier alpha value is -1.24. The van der Waals surface area contributed by atoms with E-state index in [2.05, 4.69) is 20.7 Å². The molecule has 0 aromatic heterocycles. The zero-order chi connectivity index (χ0) is 16.5. The Balaban J connectivity index is 2.44. The van der Waals surface area contributed by atoms with Gasteiger partial charge in [-0.25, -0.2) is 8.42 Å². The van der Waals surface area contributed by atoms with Crippen molar-refractivity contribution in [3.8, 4) is 5.75 Å². The predicted octanol–water partition coefficient (Wildman–Crippen LogP) is 4.53. The molecule has 0 aliphatic heterocycles. The lowest BCUT2D eigenvalue weighted by Crippen LogP contribution is -2.14. The topological polar surface area (TPSA) is 55.4 Å². The van der Waals surface area contributed by atoms with Crippen molar-refractivity contribution in [2.45, 2.75) is 18.7 Å². The van der Waals surface area contributed by atoms with E-state index in [1.807, 2.05) is 6.92 Å². The number of benzene rings is 2. The number of aryl methyl sites for hydroxylation is 2. The van der Waals surface area contributed by atoms with Gasteiger partial charge in [0.15, 0.2) is 0 Å². The molecule has 4 nitrogen and oxygen atoms in total. The van der Waals surface area contributed by atoms with Crippen LogP contribution in [0.1, 0.15) is 11.1 Å². The van der Waals surface area contributed by atoms with Gasteiger partial charge in [-0.2, -0.15) is 0 Å². The summed E-state index contributed by atoms with van der Waals surface area (Å²) in [6, 6.07) is 8.07. The molecule has 0 unspecified atom stereocenters. The van der Waals surface area contributed by atoms with Crippen LogP contribution >= 0.6 is 27.5 Å². The molecule has 0 heterocycles. The molecule has 1 N–H and O–H groups in total. The Morgan fingerprint density at radius 1 is 1.14 bits per heavy atom. The van der Waals surface area contributed by atoms with Crippen LogP contribution in [0.25, 0.3) is 0 Å². The van der Waals surface area contributed by atoms with Crippen LogP contribution in [0.3, 0.4) is 0 Å². The van der Waals surface area contributed by atoms with E-state index in [9.17, 15) is 8.42 Å². The van der Waals surface area contributed by atoms with Crippen LogP contribution in [0.4, 0.5) is 5.69 Å². The molecule has 0 amide bonds. The Labute approximate surface area is 143 Å². The number of halogens is 2. The van der Waals surface area contributed by atoms with Crippen molar-refractivity contribution < 1.29 is 13.2 Å². The maximum Gasteiger partial charge on any atom is 0.262 e. The monoisotopic (exact) mass is 403 g/mol. The highest BCUT2D eigenvalue weighted by Crippen LogP contribution is 2.32. The Bertz CT molecular complexity index is 822. The minimum absolute atomic E-state index is 0.183.